The molecule has 2 heterocycles. The summed E-state index contributed by atoms with van der Waals surface area (Å²) in [5.74, 6) is 1.47. The molecule has 0 spiro atoms. The van der Waals surface area contributed by atoms with Gasteiger partial charge in [0.15, 0.2) is 0 Å². The largest absolute Gasteiger partial charge is 0.317 e. The van der Waals surface area contributed by atoms with Gasteiger partial charge >= 0.3 is 0 Å². The quantitative estimate of drug-likeness (QED) is 0.873. The molecule has 0 bridgehead atoms. The van der Waals surface area contributed by atoms with E-state index in [1.54, 1.807) is 0 Å². The predicted octanol–water partition coefficient (Wildman–Crippen LogP) is 2.62. The topological polar surface area (TPSA) is 29.9 Å². The van der Waals surface area contributed by atoms with Crippen molar-refractivity contribution in [2.24, 2.45) is 5.92 Å². The van der Waals surface area contributed by atoms with E-state index >= 15 is 0 Å². The Balaban J connectivity index is 2.23. The van der Waals surface area contributed by atoms with E-state index in [-0.39, 0.29) is 0 Å². The molecule has 2 rings (SSSR count). The van der Waals surface area contributed by atoms with E-state index in [0.717, 1.165) is 12.5 Å². The summed E-state index contributed by atoms with van der Waals surface area (Å²) in [6.45, 7) is 12.3. The Labute approximate surface area is 105 Å². The van der Waals surface area contributed by atoms with E-state index in [1.165, 1.54) is 42.9 Å². The number of rotatable bonds is 3. The Morgan fingerprint density at radius 1 is 1.35 bits per heavy atom. The van der Waals surface area contributed by atoms with Gasteiger partial charge in [0, 0.05) is 12.2 Å². The lowest BCUT2D eigenvalue weighted by atomic mass is 9.81. The van der Waals surface area contributed by atoms with E-state index in [2.05, 4.69) is 42.8 Å². The number of aryl methyl sites for hydroxylation is 2. The first-order valence-electron chi connectivity index (χ1n) is 6.89. The molecule has 1 aliphatic rings. The molecule has 0 radical (unpaired) electrons. The minimum atomic E-state index is 0.650. The average molecular weight is 235 g/mol. The van der Waals surface area contributed by atoms with Gasteiger partial charge in [-0.15, -0.1) is 0 Å². The van der Waals surface area contributed by atoms with Gasteiger partial charge in [-0.1, -0.05) is 6.92 Å². The minimum Gasteiger partial charge on any atom is -0.317 e. The van der Waals surface area contributed by atoms with Crippen LogP contribution in [0.4, 0.5) is 0 Å². The summed E-state index contributed by atoms with van der Waals surface area (Å²) >= 11 is 0. The highest BCUT2D eigenvalue weighted by atomic mass is 15.3. The van der Waals surface area contributed by atoms with Gasteiger partial charge in [-0.05, 0) is 64.1 Å². The SMILES string of the molecule is CCn1nc(C)c(C(C)C2CCNCC2)c1C. The number of nitrogens with zero attached hydrogens (tertiary/aromatic N) is 2. The molecule has 0 saturated carbocycles. The molecular weight excluding hydrogens is 210 g/mol. The molecule has 1 N–H and O–H groups in total. The van der Waals surface area contributed by atoms with E-state index in [1.807, 2.05) is 0 Å². The Bertz CT molecular complexity index is 375. The summed E-state index contributed by atoms with van der Waals surface area (Å²) in [7, 11) is 0. The third-order valence-corrected chi connectivity index (χ3v) is 4.28. The van der Waals surface area contributed by atoms with Crippen molar-refractivity contribution in [3.63, 3.8) is 0 Å². The maximum atomic E-state index is 4.65. The minimum absolute atomic E-state index is 0.650. The first-order valence-corrected chi connectivity index (χ1v) is 6.89. The lowest BCUT2D eigenvalue weighted by Gasteiger charge is -2.28. The highest BCUT2D eigenvalue weighted by Crippen LogP contribution is 2.34. The van der Waals surface area contributed by atoms with Crippen LogP contribution in [0.1, 0.15) is 49.6 Å². The Kier molecular flexibility index (Phi) is 3.87. The molecule has 17 heavy (non-hydrogen) atoms. The molecule has 1 fully saturated rings. The number of piperidine rings is 1. The Hall–Kier alpha value is -0.830. The second-order valence-electron chi connectivity index (χ2n) is 5.28. The summed E-state index contributed by atoms with van der Waals surface area (Å²) in [6, 6.07) is 0. The summed E-state index contributed by atoms with van der Waals surface area (Å²) in [4.78, 5) is 0. The average Bonchev–Trinajstić information content (AvgIpc) is 2.64. The maximum Gasteiger partial charge on any atom is 0.0631 e. The molecule has 3 heteroatoms. The van der Waals surface area contributed by atoms with Crippen LogP contribution in [0.25, 0.3) is 0 Å². The summed E-state index contributed by atoms with van der Waals surface area (Å²) in [6.07, 6.45) is 2.61. The molecule has 1 aromatic heterocycles. The number of nitrogens with one attached hydrogen (secondary N) is 1. The second kappa shape index (κ2) is 5.21. The fourth-order valence-corrected chi connectivity index (χ4v) is 3.26. The van der Waals surface area contributed by atoms with Crippen LogP contribution in [0, 0.1) is 19.8 Å². The fraction of sp³-hybridized carbons (Fsp3) is 0.786. The summed E-state index contributed by atoms with van der Waals surface area (Å²) in [5.41, 5.74) is 4.10. The van der Waals surface area contributed by atoms with Crippen molar-refractivity contribution in [2.75, 3.05) is 13.1 Å². The zero-order valence-electron chi connectivity index (χ0n) is 11.6. The van der Waals surface area contributed by atoms with Crippen molar-refractivity contribution in [1.29, 1.82) is 0 Å². The third-order valence-electron chi connectivity index (χ3n) is 4.28. The first-order chi connectivity index (χ1) is 8.15. The molecule has 1 aliphatic heterocycles. The van der Waals surface area contributed by atoms with Gasteiger partial charge in [-0.2, -0.15) is 5.10 Å². The van der Waals surface area contributed by atoms with Gasteiger partial charge in [0.25, 0.3) is 0 Å². The standard InChI is InChI=1S/C14H25N3/c1-5-17-12(4)14(11(3)16-17)10(2)13-6-8-15-9-7-13/h10,13,15H,5-9H2,1-4H3. The fourth-order valence-electron chi connectivity index (χ4n) is 3.26. The van der Waals surface area contributed by atoms with Crippen molar-refractivity contribution in [3.8, 4) is 0 Å². The van der Waals surface area contributed by atoms with Crippen LogP contribution in [0.5, 0.6) is 0 Å². The summed E-state index contributed by atoms with van der Waals surface area (Å²) in [5, 5.41) is 8.09. The Morgan fingerprint density at radius 3 is 2.53 bits per heavy atom. The number of hydrogen-bond acceptors (Lipinski definition) is 2. The highest BCUT2D eigenvalue weighted by Gasteiger charge is 2.25. The van der Waals surface area contributed by atoms with Crippen LogP contribution in [0.2, 0.25) is 0 Å². The van der Waals surface area contributed by atoms with Crippen LogP contribution in [0.15, 0.2) is 0 Å². The smallest absolute Gasteiger partial charge is 0.0631 e. The lowest BCUT2D eigenvalue weighted by molar-refractivity contribution is 0.329. The van der Waals surface area contributed by atoms with Crippen LogP contribution in [-0.4, -0.2) is 22.9 Å². The lowest BCUT2D eigenvalue weighted by Crippen LogP contribution is -2.30. The van der Waals surface area contributed by atoms with E-state index in [4.69, 9.17) is 0 Å². The van der Waals surface area contributed by atoms with Crippen molar-refractivity contribution in [3.05, 3.63) is 17.0 Å². The van der Waals surface area contributed by atoms with Gasteiger partial charge in [0.1, 0.15) is 0 Å². The van der Waals surface area contributed by atoms with Crippen LogP contribution < -0.4 is 5.32 Å². The third kappa shape index (κ3) is 2.39. The zero-order chi connectivity index (χ0) is 12.4. The van der Waals surface area contributed by atoms with Crippen molar-refractivity contribution in [1.82, 2.24) is 15.1 Å². The van der Waals surface area contributed by atoms with Crippen molar-refractivity contribution < 1.29 is 0 Å². The first kappa shape index (κ1) is 12.6. The van der Waals surface area contributed by atoms with Gasteiger partial charge in [-0.3, -0.25) is 4.68 Å². The number of aromatic nitrogens is 2. The van der Waals surface area contributed by atoms with E-state index < -0.39 is 0 Å². The molecule has 0 aromatic carbocycles. The zero-order valence-corrected chi connectivity index (χ0v) is 11.6. The monoisotopic (exact) mass is 235 g/mol. The maximum absolute atomic E-state index is 4.65. The summed E-state index contributed by atoms with van der Waals surface area (Å²) < 4.78 is 2.14. The normalized spacial score (nSPS) is 19.5. The molecule has 1 saturated heterocycles. The molecule has 96 valence electrons. The second-order valence-corrected chi connectivity index (χ2v) is 5.28. The molecule has 3 nitrogen and oxygen atoms in total. The van der Waals surface area contributed by atoms with Crippen LogP contribution in [0.3, 0.4) is 0 Å². The molecule has 0 aliphatic carbocycles. The van der Waals surface area contributed by atoms with Crippen LogP contribution in [-0.2, 0) is 6.54 Å². The number of hydrogen-bond donors (Lipinski definition) is 1. The molecule has 1 atom stereocenters. The molecule has 1 aromatic rings. The van der Waals surface area contributed by atoms with Gasteiger partial charge in [0.05, 0.1) is 5.69 Å². The van der Waals surface area contributed by atoms with Gasteiger partial charge in [0.2, 0.25) is 0 Å². The predicted molar refractivity (Wildman–Crippen MR) is 71.4 cm³/mol. The van der Waals surface area contributed by atoms with E-state index in [0.29, 0.717) is 5.92 Å². The van der Waals surface area contributed by atoms with Gasteiger partial charge in [-0.25, -0.2) is 0 Å². The van der Waals surface area contributed by atoms with Crippen LogP contribution >= 0.6 is 0 Å². The molecule has 1 unspecified atom stereocenters. The van der Waals surface area contributed by atoms with E-state index in [9.17, 15) is 0 Å². The van der Waals surface area contributed by atoms with Crippen molar-refractivity contribution >= 4 is 0 Å². The Morgan fingerprint density at radius 2 is 2.00 bits per heavy atom. The van der Waals surface area contributed by atoms with Crippen molar-refractivity contribution in [2.45, 2.75) is 53.0 Å². The highest BCUT2D eigenvalue weighted by molar-refractivity contribution is 5.29. The molecule has 0 amide bonds. The molecular formula is C14H25N3. The van der Waals surface area contributed by atoms with Gasteiger partial charge < -0.3 is 5.32 Å².